The van der Waals surface area contributed by atoms with Crippen molar-refractivity contribution >= 4 is 10.9 Å². The van der Waals surface area contributed by atoms with E-state index in [0.717, 1.165) is 21.7 Å². The highest BCUT2D eigenvalue weighted by Gasteiger charge is 2.43. The Labute approximate surface area is 128 Å². The second kappa shape index (κ2) is 7.20. The summed E-state index contributed by atoms with van der Waals surface area (Å²) in [6.45, 7) is 2.38. The fourth-order valence-electron chi connectivity index (χ4n) is 4.22. The van der Waals surface area contributed by atoms with Crippen LogP contribution in [0.25, 0.3) is 0 Å². The molecule has 4 unspecified atom stereocenters. The molecule has 0 N–H and O–H groups in total. The Balaban J connectivity index is 1.76. The van der Waals surface area contributed by atoms with E-state index in [9.17, 15) is 0 Å². The quantitative estimate of drug-likeness (QED) is 0.482. The second-order valence-electron chi connectivity index (χ2n) is 7.04. The number of rotatable bonds is 3. The molecule has 0 bridgehead atoms. The van der Waals surface area contributed by atoms with Crippen LogP contribution >= 0.6 is 0 Å². The van der Waals surface area contributed by atoms with Gasteiger partial charge in [-0.2, -0.15) is 0 Å². The zero-order valence-electron chi connectivity index (χ0n) is 13.1. The zero-order valence-corrected chi connectivity index (χ0v) is 13.9. The topological polar surface area (TPSA) is 0 Å². The Morgan fingerprint density at radius 1 is 0.750 bits per heavy atom. The molecule has 0 radical (unpaired) electrons. The lowest BCUT2D eigenvalue weighted by Crippen LogP contribution is -2.41. The maximum absolute atomic E-state index is 2.62. The third-order valence-corrected chi connectivity index (χ3v) is 8.83. The molecule has 0 saturated heterocycles. The first-order valence-electron chi connectivity index (χ1n) is 8.90. The lowest BCUT2D eigenvalue weighted by atomic mass is 9.98. The number of hydrogen-bond donors (Lipinski definition) is 0. The van der Waals surface area contributed by atoms with Crippen molar-refractivity contribution in [2.75, 3.05) is 0 Å². The molecule has 4 atom stereocenters. The smallest absolute Gasteiger partial charge is 0.0836 e. The summed E-state index contributed by atoms with van der Waals surface area (Å²) in [6.07, 6.45) is 24.9. The van der Waals surface area contributed by atoms with Gasteiger partial charge in [0.05, 0.1) is 0 Å². The van der Waals surface area contributed by atoms with Crippen LogP contribution in [0.15, 0.2) is 24.3 Å². The van der Waals surface area contributed by atoms with Gasteiger partial charge >= 0.3 is 0 Å². The van der Waals surface area contributed by atoms with Crippen LogP contribution in [0.2, 0.25) is 0 Å². The van der Waals surface area contributed by atoms with Crippen LogP contribution < -0.4 is 0 Å². The first-order valence-corrected chi connectivity index (χ1v) is 10.3. The van der Waals surface area contributed by atoms with Gasteiger partial charge in [-0.25, -0.2) is 0 Å². The molecule has 20 heavy (non-hydrogen) atoms. The Kier molecular flexibility index (Phi) is 5.31. The van der Waals surface area contributed by atoms with Crippen LogP contribution in [0, 0.1) is 5.92 Å². The van der Waals surface area contributed by atoms with Gasteiger partial charge < -0.3 is 0 Å². The minimum Gasteiger partial charge on any atom is -0.0836 e. The second-order valence-corrected chi connectivity index (χ2v) is 9.74. The molecule has 0 aliphatic heterocycles. The Morgan fingerprint density at radius 2 is 1.55 bits per heavy atom. The van der Waals surface area contributed by atoms with Crippen LogP contribution in [0.1, 0.15) is 71.1 Å². The fourth-order valence-corrected chi connectivity index (χ4v) is 7.95. The van der Waals surface area contributed by atoms with Crippen molar-refractivity contribution in [3.63, 3.8) is 0 Å². The predicted molar refractivity (Wildman–Crippen MR) is 92.3 cm³/mol. The predicted octanol–water partition coefficient (Wildman–Crippen LogP) is 5.40. The van der Waals surface area contributed by atoms with E-state index in [-0.39, 0.29) is 0 Å². The van der Waals surface area contributed by atoms with Gasteiger partial charge in [-0.15, -0.1) is 0 Å². The standard InChI is InChI=1S/C19H31S/c1-16-12-14-19(15-13-16)20(17-8-4-2-5-9-17)18-10-6-3-7-11-18/h4,8,12,14,16-19H,2-3,5-7,9-11,13,15H2,1H3/q+1. The molecule has 0 aromatic heterocycles. The number of hydrogen-bond acceptors (Lipinski definition) is 0. The van der Waals surface area contributed by atoms with Crippen molar-refractivity contribution in [1.82, 2.24) is 0 Å². The molecule has 1 heteroatoms. The summed E-state index contributed by atoms with van der Waals surface area (Å²) in [7, 11) is 0.628. The van der Waals surface area contributed by atoms with E-state index in [1.807, 2.05) is 0 Å². The van der Waals surface area contributed by atoms with Crippen molar-refractivity contribution in [2.45, 2.75) is 86.9 Å². The highest BCUT2D eigenvalue weighted by atomic mass is 32.2. The normalized spacial score (nSPS) is 37.0. The van der Waals surface area contributed by atoms with Gasteiger partial charge in [0.25, 0.3) is 0 Å². The molecule has 0 heterocycles. The molecule has 3 rings (SSSR count). The monoisotopic (exact) mass is 291 g/mol. The third kappa shape index (κ3) is 3.53. The van der Waals surface area contributed by atoms with Crippen LogP contribution in [0.5, 0.6) is 0 Å². The van der Waals surface area contributed by atoms with Gasteiger partial charge in [-0.05, 0) is 75.9 Å². The van der Waals surface area contributed by atoms with Crippen LogP contribution in [0.3, 0.4) is 0 Å². The Morgan fingerprint density at radius 3 is 2.20 bits per heavy atom. The lowest BCUT2D eigenvalue weighted by Gasteiger charge is -2.33. The minimum absolute atomic E-state index is 0.628. The van der Waals surface area contributed by atoms with Gasteiger partial charge in [0.2, 0.25) is 0 Å². The summed E-state index contributed by atoms with van der Waals surface area (Å²) in [5, 5.41) is 2.86. The van der Waals surface area contributed by atoms with Crippen molar-refractivity contribution in [3.05, 3.63) is 24.3 Å². The highest BCUT2D eigenvalue weighted by molar-refractivity contribution is 7.98. The maximum atomic E-state index is 2.62. The van der Waals surface area contributed by atoms with E-state index in [4.69, 9.17) is 0 Å². The lowest BCUT2D eigenvalue weighted by molar-refractivity contribution is 0.506. The molecule has 0 spiro atoms. The van der Waals surface area contributed by atoms with Gasteiger partial charge in [0, 0.05) is 10.9 Å². The van der Waals surface area contributed by atoms with E-state index in [1.54, 1.807) is 0 Å². The molecule has 0 nitrogen and oxygen atoms in total. The van der Waals surface area contributed by atoms with Gasteiger partial charge in [-0.1, -0.05) is 25.5 Å². The van der Waals surface area contributed by atoms with E-state index in [2.05, 4.69) is 31.2 Å². The Hall–Kier alpha value is -0.170. The first-order chi connectivity index (χ1) is 9.84. The summed E-state index contributed by atoms with van der Waals surface area (Å²) in [5.74, 6) is 0.824. The third-order valence-electron chi connectivity index (χ3n) is 5.41. The van der Waals surface area contributed by atoms with Gasteiger partial charge in [0.1, 0.15) is 15.7 Å². The van der Waals surface area contributed by atoms with Crippen molar-refractivity contribution in [1.29, 1.82) is 0 Å². The molecule has 3 aliphatic rings. The van der Waals surface area contributed by atoms with E-state index in [1.165, 1.54) is 64.2 Å². The molecular formula is C19H31S+. The number of allylic oxidation sites excluding steroid dienone is 2. The van der Waals surface area contributed by atoms with Gasteiger partial charge in [0.15, 0.2) is 0 Å². The van der Waals surface area contributed by atoms with E-state index in [0.29, 0.717) is 10.9 Å². The minimum atomic E-state index is 0.628. The SMILES string of the molecule is CC1C=CC([S+](C2C=CCCC2)C2CCCCC2)CC1. The first kappa shape index (κ1) is 14.8. The molecule has 3 aliphatic carbocycles. The molecular weight excluding hydrogens is 260 g/mol. The average molecular weight is 292 g/mol. The fraction of sp³-hybridized carbons (Fsp3) is 0.789. The molecule has 0 aromatic carbocycles. The molecule has 0 amide bonds. The summed E-state index contributed by atoms with van der Waals surface area (Å²) in [5.41, 5.74) is 0. The highest BCUT2D eigenvalue weighted by Crippen LogP contribution is 2.37. The summed E-state index contributed by atoms with van der Waals surface area (Å²) >= 11 is 0. The van der Waals surface area contributed by atoms with Crippen molar-refractivity contribution < 1.29 is 0 Å². The summed E-state index contributed by atoms with van der Waals surface area (Å²) in [4.78, 5) is 0. The van der Waals surface area contributed by atoms with Crippen LogP contribution in [0.4, 0.5) is 0 Å². The van der Waals surface area contributed by atoms with E-state index >= 15 is 0 Å². The van der Waals surface area contributed by atoms with E-state index < -0.39 is 0 Å². The molecule has 112 valence electrons. The molecule has 1 fully saturated rings. The van der Waals surface area contributed by atoms with Crippen LogP contribution in [-0.4, -0.2) is 15.7 Å². The summed E-state index contributed by atoms with van der Waals surface area (Å²) in [6, 6.07) is 0. The zero-order chi connectivity index (χ0) is 13.8. The summed E-state index contributed by atoms with van der Waals surface area (Å²) < 4.78 is 0. The molecule has 1 saturated carbocycles. The van der Waals surface area contributed by atoms with Crippen LogP contribution in [-0.2, 0) is 10.9 Å². The van der Waals surface area contributed by atoms with Gasteiger partial charge in [-0.3, -0.25) is 0 Å². The van der Waals surface area contributed by atoms with Crippen molar-refractivity contribution in [2.24, 2.45) is 5.92 Å². The molecule has 0 aromatic rings. The average Bonchev–Trinajstić information content (AvgIpc) is 2.52. The Bertz CT molecular complexity index is 351. The van der Waals surface area contributed by atoms with Crippen molar-refractivity contribution in [3.8, 4) is 0 Å². The maximum Gasteiger partial charge on any atom is 0.137 e. The largest absolute Gasteiger partial charge is 0.137 e.